The highest BCUT2D eigenvalue weighted by molar-refractivity contribution is 7.80. The Kier molecular flexibility index (Phi) is 7.82. The molecule has 1 heterocycles. The molecule has 5 rings (SSSR count). The number of rotatable bonds is 6. The number of carbonyl (C=O) groups is 1. The van der Waals surface area contributed by atoms with Gasteiger partial charge in [0.25, 0.3) is 5.91 Å². The predicted octanol–water partition coefficient (Wildman–Crippen LogP) is 5.78. The zero-order valence-corrected chi connectivity index (χ0v) is 22.4. The van der Waals surface area contributed by atoms with Crippen molar-refractivity contribution < 1.29 is 4.79 Å². The molecule has 0 aromatic heterocycles. The molecule has 0 saturated carbocycles. The number of nitrogens with zero attached hydrogens (tertiary/aromatic N) is 2. The molecule has 0 saturated heterocycles. The SMILES string of the molecule is CN1C(=O)C(NC(=S)NCC(c2ccccc2)c2ccccc2)N=C(c2ccccc2)c2cc(Cl)ccc21. The Balaban J connectivity index is 1.41. The van der Waals surface area contributed by atoms with E-state index in [9.17, 15) is 4.79 Å². The summed E-state index contributed by atoms with van der Waals surface area (Å²) >= 11 is 12.0. The summed E-state index contributed by atoms with van der Waals surface area (Å²) in [6.07, 6.45) is -0.909. The molecule has 7 heteroatoms. The molecule has 1 aliphatic heterocycles. The summed E-state index contributed by atoms with van der Waals surface area (Å²) in [7, 11) is 1.74. The molecular weight excluding hydrogens is 512 g/mol. The number of carbonyl (C=O) groups excluding carboxylic acids is 1. The fourth-order valence-corrected chi connectivity index (χ4v) is 5.00. The Morgan fingerprint density at radius 2 is 1.50 bits per heavy atom. The fourth-order valence-electron chi connectivity index (χ4n) is 4.64. The molecule has 0 bridgehead atoms. The van der Waals surface area contributed by atoms with Crippen LogP contribution in [-0.4, -0.2) is 36.5 Å². The molecule has 1 aliphatic rings. The summed E-state index contributed by atoms with van der Waals surface area (Å²) in [5.41, 5.74) is 5.44. The van der Waals surface area contributed by atoms with Crippen molar-refractivity contribution in [1.82, 2.24) is 10.6 Å². The van der Waals surface area contributed by atoms with E-state index in [0.717, 1.165) is 16.8 Å². The summed E-state index contributed by atoms with van der Waals surface area (Å²) in [5.74, 6) is -0.134. The molecule has 1 amide bonds. The third-order valence-electron chi connectivity index (χ3n) is 6.58. The van der Waals surface area contributed by atoms with E-state index in [0.29, 0.717) is 22.4 Å². The second-order valence-electron chi connectivity index (χ2n) is 9.03. The average Bonchev–Trinajstić information content (AvgIpc) is 3.05. The highest BCUT2D eigenvalue weighted by atomic mass is 35.5. The van der Waals surface area contributed by atoms with E-state index < -0.39 is 6.17 Å². The molecule has 0 radical (unpaired) electrons. The molecule has 38 heavy (non-hydrogen) atoms. The zero-order valence-electron chi connectivity index (χ0n) is 20.8. The van der Waals surface area contributed by atoms with Gasteiger partial charge in [-0.05, 0) is 41.5 Å². The lowest BCUT2D eigenvalue weighted by atomic mass is 9.91. The van der Waals surface area contributed by atoms with Crippen LogP contribution in [0.5, 0.6) is 0 Å². The second-order valence-corrected chi connectivity index (χ2v) is 9.88. The zero-order chi connectivity index (χ0) is 26.5. The van der Waals surface area contributed by atoms with E-state index in [4.69, 9.17) is 28.8 Å². The number of fused-ring (bicyclic) bond motifs is 1. The number of amides is 1. The lowest BCUT2D eigenvalue weighted by Crippen LogP contribution is -2.49. The Bertz CT molecular complexity index is 1420. The number of anilines is 1. The second kappa shape index (κ2) is 11.6. The Hall–Kier alpha value is -4.00. The number of thiocarbonyl (C=S) groups is 1. The van der Waals surface area contributed by atoms with E-state index in [1.165, 1.54) is 11.1 Å². The summed E-state index contributed by atoms with van der Waals surface area (Å²) < 4.78 is 0. The van der Waals surface area contributed by atoms with Gasteiger partial charge in [-0.2, -0.15) is 0 Å². The third-order valence-corrected chi connectivity index (χ3v) is 7.08. The quantitative estimate of drug-likeness (QED) is 0.306. The van der Waals surface area contributed by atoms with Gasteiger partial charge >= 0.3 is 0 Å². The van der Waals surface area contributed by atoms with Crippen LogP contribution in [0.1, 0.15) is 28.2 Å². The Morgan fingerprint density at radius 3 is 2.11 bits per heavy atom. The average molecular weight is 539 g/mol. The lowest BCUT2D eigenvalue weighted by molar-refractivity contribution is -0.119. The molecule has 4 aromatic rings. The first-order valence-electron chi connectivity index (χ1n) is 12.4. The van der Waals surface area contributed by atoms with Gasteiger partial charge in [-0.25, -0.2) is 4.99 Å². The largest absolute Gasteiger partial charge is 0.362 e. The minimum Gasteiger partial charge on any atom is -0.362 e. The molecule has 5 nitrogen and oxygen atoms in total. The van der Waals surface area contributed by atoms with Crippen LogP contribution in [0, 0.1) is 0 Å². The van der Waals surface area contributed by atoms with Crippen molar-refractivity contribution in [2.75, 3.05) is 18.5 Å². The van der Waals surface area contributed by atoms with Gasteiger partial charge in [0.15, 0.2) is 5.11 Å². The van der Waals surface area contributed by atoms with Crippen molar-refractivity contribution in [3.63, 3.8) is 0 Å². The summed E-state index contributed by atoms with van der Waals surface area (Å²) in [5, 5.41) is 7.41. The number of benzodiazepines with no additional fused rings is 1. The van der Waals surface area contributed by atoms with Gasteiger partial charge < -0.3 is 15.5 Å². The number of nitrogens with one attached hydrogen (secondary N) is 2. The molecule has 4 aromatic carbocycles. The summed E-state index contributed by atoms with van der Waals surface area (Å²) in [4.78, 5) is 20.0. The molecule has 2 N–H and O–H groups in total. The monoisotopic (exact) mass is 538 g/mol. The molecule has 1 atom stereocenters. The van der Waals surface area contributed by atoms with Crippen LogP contribution in [-0.2, 0) is 4.79 Å². The van der Waals surface area contributed by atoms with E-state index in [1.54, 1.807) is 18.0 Å². The molecular formula is C31H27ClN4OS. The van der Waals surface area contributed by atoms with Gasteiger partial charge in [0, 0.05) is 35.7 Å². The number of hydrogen-bond acceptors (Lipinski definition) is 3. The standard InChI is InChI=1S/C31H27ClN4OS/c1-36-27-18-17-24(32)19-25(27)28(23-15-9-4-10-16-23)34-29(30(36)37)35-31(38)33-20-26(21-11-5-2-6-12-21)22-13-7-3-8-14-22/h2-19,26,29H,20H2,1H3,(H2,33,35,38). The van der Waals surface area contributed by atoms with Crippen LogP contribution in [0.3, 0.4) is 0 Å². The first kappa shape index (κ1) is 25.6. The number of hydrogen-bond donors (Lipinski definition) is 2. The van der Waals surface area contributed by atoms with E-state index in [1.807, 2.05) is 78.9 Å². The molecule has 0 fully saturated rings. The van der Waals surface area contributed by atoms with Crippen molar-refractivity contribution in [3.8, 4) is 0 Å². The molecule has 1 unspecified atom stereocenters. The van der Waals surface area contributed by atoms with Crippen LogP contribution in [0.2, 0.25) is 5.02 Å². The molecule has 190 valence electrons. The van der Waals surface area contributed by atoms with Gasteiger partial charge in [0.1, 0.15) is 0 Å². The van der Waals surface area contributed by atoms with Gasteiger partial charge in [0.05, 0.1) is 11.4 Å². The van der Waals surface area contributed by atoms with Crippen LogP contribution in [0.25, 0.3) is 0 Å². The molecule has 0 aliphatic carbocycles. The minimum atomic E-state index is -0.909. The highest BCUT2D eigenvalue weighted by Crippen LogP contribution is 2.30. The predicted molar refractivity (Wildman–Crippen MR) is 159 cm³/mol. The lowest BCUT2D eigenvalue weighted by Gasteiger charge is -2.23. The van der Waals surface area contributed by atoms with E-state index in [-0.39, 0.29) is 11.8 Å². The first-order valence-corrected chi connectivity index (χ1v) is 13.1. The van der Waals surface area contributed by atoms with Crippen molar-refractivity contribution >= 4 is 46.2 Å². The van der Waals surface area contributed by atoms with E-state index >= 15 is 0 Å². The van der Waals surface area contributed by atoms with E-state index in [2.05, 4.69) is 34.9 Å². The maximum absolute atomic E-state index is 13.5. The van der Waals surface area contributed by atoms with Crippen LogP contribution in [0.15, 0.2) is 114 Å². The van der Waals surface area contributed by atoms with Crippen molar-refractivity contribution in [3.05, 3.63) is 136 Å². The number of likely N-dealkylation sites (N-methyl/N-ethyl adjacent to an activating group) is 1. The smallest absolute Gasteiger partial charge is 0.272 e. The third kappa shape index (κ3) is 5.62. The number of aliphatic imine (C=N–C) groups is 1. The van der Waals surface area contributed by atoms with Gasteiger partial charge in [-0.1, -0.05) is 103 Å². The maximum Gasteiger partial charge on any atom is 0.272 e. The topological polar surface area (TPSA) is 56.7 Å². The van der Waals surface area contributed by atoms with Gasteiger partial charge in [-0.3, -0.25) is 4.79 Å². The number of benzene rings is 4. The number of halogens is 1. The van der Waals surface area contributed by atoms with Gasteiger partial charge in [-0.15, -0.1) is 0 Å². The van der Waals surface area contributed by atoms with Crippen LogP contribution < -0.4 is 15.5 Å². The summed E-state index contributed by atoms with van der Waals surface area (Å²) in [6.45, 7) is 0.557. The van der Waals surface area contributed by atoms with Gasteiger partial charge in [0.2, 0.25) is 6.17 Å². The Labute approximate surface area is 233 Å². The highest BCUT2D eigenvalue weighted by Gasteiger charge is 2.30. The van der Waals surface area contributed by atoms with Crippen LogP contribution >= 0.6 is 23.8 Å². The fraction of sp³-hybridized carbons (Fsp3) is 0.129. The summed E-state index contributed by atoms with van der Waals surface area (Å²) in [6, 6.07) is 35.8. The Morgan fingerprint density at radius 1 is 0.921 bits per heavy atom. The first-order chi connectivity index (χ1) is 18.5. The maximum atomic E-state index is 13.5. The van der Waals surface area contributed by atoms with Crippen molar-refractivity contribution in [2.24, 2.45) is 4.99 Å². The normalized spacial score (nSPS) is 14.9. The minimum absolute atomic E-state index is 0.0828. The van der Waals surface area contributed by atoms with Crippen LogP contribution in [0.4, 0.5) is 5.69 Å². The van der Waals surface area contributed by atoms with Crippen molar-refractivity contribution in [1.29, 1.82) is 0 Å². The molecule has 0 spiro atoms. The van der Waals surface area contributed by atoms with Crippen molar-refractivity contribution in [2.45, 2.75) is 12.1 Å².